The summed E-state index contributed by atoms with van der Waals surface area (Å²) in [7, 11) is -3.63. The lowest BCUT2D eigenvalue weighted by Crippen LogP contribution is -2.13. The maximum atomic E-state index is 12.7. The number of hydrogen-bond donors (Lipinski definition) is 1. The van der Waals surface area contributed by atoms with Crippen molar-refractivity contribution >= 4 is 15.7 Å². The Morgan fingerprint density at radius 1 is 0.680 bits per heavy atom. The van der Waals surface area contributed by atoms with E-state index in [0.29, 0.717) is 5.69 Å². The number of benzene rings is 3. The highest BCUT2D eigenvalue weighted by Crippen LogP contribution is 2.31. The molecule has 0 radical (unpaired) electrons. The quantitative estimate of drug-likeness (QED) is 0.712. The smallest absolute Gasteiger partial charge is 0.261 e. The maximum Gasteiger partial charge on any atom is 0.261 e. The van der Waals surface area contributed by atoms with Crippen LogP contribution in [-0.4, -0.2) is 8.42 Å². The summed E-state index contributed by atoms with van der Waals surface area (Å²) < 4.78 is 28.2. The topological polar surface area (TPSA) is 46.2 Å². The first-order valence-electron chi connectivity index (χ1n) is 8.12. The van der Waals surface area contributed by atoms with Crippen LogP contribution in [0.2, 0.25) is 0 Å². The summed E-state index contributed by atoms with van der Waals surface area (Å²) in [5.74, 6) is 0. The molecular weight excluding hydrogens is 330 g/mol. The lowest BCUT2D eigenvalue weighted by atomic mass is 10.0. The number of anilines is 1. The van der Waals surface area contributed by atoms with Crippen molar-refractivity contribution in [2.24, 2.45) is 0 Å². The third-order valence-corrected chi connectivity index (χ3v) is 5.49. The van der Waals surface area contributed by atoms with E-state index in [2.05, 4.69) is 4.72 Å². The molecule has 0 aliphatic carbocycles. The van der Waals surface area contributed by atoms with Gasteiger partial charge in [-0.2, -0.15) is 0 Å². The van der Waals surface area contributed by atoms with Crippen molar-refractivity contribution in [1.29, 1.82) is 0 Å². The van der Waals surface area contributed by atoms with Crippen molar-refractivity contribution in [2.45, 2.75) is 25.7 Å². The molecule has 0 atom stereocenters. The lowest BCUT2D eigenvalue weighted by molar-refractivity contribution is 0.601. The van der Waals surface area contributed by atoms with E-state index in [-0.39, 0.29) is 4.90 Å². The molecule has 0 aromatic heterocycles. The Balaban J connectivity index is 2.03. The SMILES string of the molecule is Cc1ccc(-c2cc(C)ccc2NS(=O)(=O)c2ccc(C)cc2)cc1. The summed E-state index contributed by atoms with van der Waals surface area (Å²) >= 11 is 0. The largest absolute Gasteiger partial charge is 0.279 e. The fourth-order valence-corrected chi connectivity index (χ4v) is 3.72. The van der Waals surface area contributed by atoms with E-state index in [1.807, 2.05) is 63.2 Å². The summed E-state index contributed by atoms with van der Waals surface area (Å²) in [5, 5.41) is 0. The van der Waals surface area contributed by atoms with Crippen LogP contribution in [0.3, 0.4) is 0 Å². The van der Waals surface area contributed by atoms with Gasteiger partial charge in [-0.1, -0.05) is 59.2 Å². The number of rotatable bonds is 4. The Labute approximate surface area is 149 Å². The minimum atomic E-state index is -3.63. The van der Waals surface area contributed by atoms with Crippen LogP contribution in [0.4, 0.5) is 5.69 Å². The van der Waals surface area contributed by atoms with E-state index < -0.39 is 10.0 Å². The van der Waals surface area contributed by atoms with E-state index in [0.717, 1.165) is 27.8 Å². The van der Waals surface area contributed by atoms with Crippen LogP contribution in [0.5, 0.6) is 0 Å². The molecular formula is C21H21NO2S. The number of hydrogen-bond acceptors (Lipinski definition) is 2. The zero-order chi connectivity index (χ0) is 18.0. The molecule has 0 unspecified atom stereocenters. The lowest BCUT2D eigenvalue weighted by Gasteiger charge is -2.14. The molecule has 0 aliphatic rings. The second-order valence-corrected chi connectivity index (χ2v) is 8.02. The van der Waals surface area contributed by atoms with Crippen LogP contribution in [-0.2, 0) is 10.0 Å². The van der Waals surface area contributed by atoms with Crippen LogP contribution in [0.25, 0.3) is 11.1 Å². The summed E-state index contributed by atoms with van der Waals surface area (Å²) in [6.07, 6.45) is 0. The second-order valence-electron chi connectivity index (χ2n) is 6.33. The van der Waals surface area contributed by atoms with Crippen molar-refractivity contribution in [3.8, 4) is 11.1 Å². The molecule has 0 saturated carbocycles. The third kappa shape index (κ3) is 3.91. The van der Waals surface area contributed by atoms with Crippen molar-refractivity contribution in [3.63, 3.8) is 0 Å². The van der Waals surface area contributed by atoms with Gasteiger partial charge in [0.1, 0.15) is 0 Å². The average Bonchev–Trinajstić information content (AvgIpc) is 2.57. The summed E-state index contributed by atoms with van der Waals surface area (Å²) in [6, 6.07) is 20.6. The minimum absolute atomic E-state index is 0.258. The van der Waals surface area contributed by atoms with Gasteiger partial charge < -0.3 is 0 Å². The van der Waals surface area contributed by atoms with Gasteiger partial charge in [0, 0.05) is 5.56 Å². The van der Waals surface area contributed by atoms with Crippen molar-refractivity contribution in [3.05, 3.63) is 83.4 Å². The van der Waals surface area contributed by atoms with Gasteiger partial charge in [0.2, 0.25) is 0 Å². The zero-order valence-electron chi connectivity index (χ0n) is 14.6. The molecule has 128 valence electrons. The normalized spacial score (nSPS) is 11.3. The molecule has 0 saturated heterocycles. The number of sulfonamides is 1. The predicted molar refractivity (Wildman–Crippen MR) is 103 cm³/mol. The maximum absolute atomic E-state index is 12.7. The Hall–Kier alpha value is -2.59. The van der Waals surface area contributed by atoms with E-state index in [1.54, 1.807) is 24.3 Å². The van der Waals surface area contributed by atoms with E-state index in [9.17, 15) is 8.42 Å². The molecule has 25 heavy (non-hydrogen) atoms. The van der Waals surface area contributed by atoms with Gasteiger partial charge in [0.15, 0.2) is 0 Å². The molecule has 4 heteroatoms. The highest BCUT2D eigenvalue weighted by molar-refractivity contribution is 7.92. The Bertz CT molecular complexity index is 989. The Morgan fingerprint density at radius 3 is 1.80 bits per heavy atom. The van der Waals surface area contributed by atoms with Crippen LogP contribution in [0.15, 0.2) is 71.6 Å². The predicted octanol–water partition coefficient (Wildman–Crippen LogP) is 5.08. The van der Waals surface area contributed by atoms with Crippen LogP contribution >= 0.6 is 0 Å². The van der Waals surface area contributed by atoms with Gasteiger partial charge in [-0.05, 0) is 50.6 Å². The molecule has 0 fully saturated rings. The Kier molecular flexibility index (Phi) is 4.64. The molecule has 0 amide bonds. The van der Waals surface area contributed by atoms with Crippen molar-refractivity contribution in [1.82, 2.24) is 0 Å². The molecule has 3 aromatic rings. The van der Waals surface area contributed by atoms with E-state index in [1.165, 1.54) is 0 Å². The van der Waals surface area contributed by atoms with Crippen molar-refractivity contribution < 1.29 is 8.42 Å². The van der Waals surface area contributed by atoms with Gasteiger partial charge in [-0.25, -0.2) is 8.42 Å². The second kappa shape index (κ2) is 6.73. The fourth-order valence-electron chi connectivity index (χ4n) is 2.64. The summed E-state index contributed by atoms with van der Waals surface area (Å²) in [4.78, 5) is 0.258. The average molecular weight is 351 g/mol. The molecule has 3 nitrogen and oxygen atoms in total. The van der Waals surface area contributed by atoms with Crippen LogP contribution in [0.1, 0.15) is 16.7 Å². The first-order chi connectivity index (χ1) is 11.8. The first kappa shape index (κ1) is 17.2. The highest BCUT2D eigenvalue weighted by Gasteiger charge is 2.16. The van der Waals surface area contributed by atoms with Gasteiger partial charge in [0.05, 0.1) is 10.6 Å². The van der Waals surface area contributed by atoms with Crippen LogP contribution in [0, 0.1) is 20.8 Å². The molecule has 3 rings (SSSR count). The molecule has 0 aliphatic heterocycles. The highest BCUT2D eigenvalue weighted by atomic mass is 32.2. The summed E-state index contributed by atoms with van der Waals surface area (Å²) in [5.41, 5.74) is 5.70. The summed E-state index contributed by atoms with van der Waals surface area (Å²) in [6.45, 7) is 5.95. The van der Waals surface area contributed by atoms with Gasteiger partial charge >= 0.3 is 0 Å². The fraction of sp³-hybridized carbons (Fsp3) is 0.143. The first-order valence-corrected chi connectivity index (χ1v) is 9.61. The van der Waals surface area contributed by atoms with Crippen LogP contribution < -0.4 is 4.72 Å². The standard InChI is InChI=1S/C21H21NO2S/c1-15-4-9-18(10-5-15)20-14-17(3)8-13-21(20)22-25(23,24)19-11-6-16(2)7-12-19/h4-14,22H,1-3H3. The third-order valence-electron chi connectivity index (χ3n) is 4.11. The van der Waals surface area contributed by atoms with E-state index >= 15 is 0 Å². The van der Waals surface area contributed by atoms with Gasteiger partial charge in [-0.3, -0.25) is 4.72 Å². The Morgan fingerprint density at radius 2 is 1.20 bits per heavy atom. The molecule has 3 aromatic carbocycles. The monoisotopic (exact) mass is 351 g/mol. The van der Waals surface area contributed by atoms with Gasteiger partial charge in [0.25, 0.3) is 10.0 Å². The van der Waals surface area contributed by atoms with Gasteiger partial charge in [-0.15, -0.1) is 0 Å². The number of aryl methyl sites for hydroxylation is 3. The van der Waals surface area contributed by atoms with E-state index in [4.69, 9.17) is 0 Å². The minimum Gasteiger partial charge on any atom is -0.279 e. The van der Waals surface area contributed by atoms with Crippen molar-refractivity contribution in [2.75, 3.05) is 4.72 Å². The number of nitrogens with one attached hydrogen (secondary N) is 1. The zero-order valence-corrected chi connectivity index (χ0v) is 15.4. The molecule has 0 heterocycles. The molecule has 0 bridgehead atoms. The molecule has 1 N–H and O–H groups in total. The molecule has 0 spiro atoms.